The number of carbonyl (C=O) groups excluding carboxylic acids is 1. The van der Waals surface area contributed by atoms with Gasteiger partial charge in [-0.1, -0.05) is 44.0 Å². The number of ketones is 1. The quantitative estimate of drug-likeness (QED) is 0.678. The Labute approximate surface area is 150 Å². The topological polar surface area (TPSA) is 37.3 Å². The minimum atomic E-state index is -0.510. The van der Waals surface area contributed by atoms with Gasteiger partial charge in [-0.3, -0.25) is 4.79 Å². The van der Waals surface area contributed by atoms with Crippen LogP contribution in [0.3, 0.4) is 0 Å². The van der Waals surface area contributed by atoms with E-state index in [9.17, 15) is 9.90 Å². The van der Waals surface area contributed by atoms with E-state index in [0.717, 1.165) is 32.1 Å². The molecule has 4 aliphatic rings. The summed E-state index contributed by atoms with van der Waals surface area (Å²) in [7, 11) is 0. The van der Waals surface area contributed by atoms with Crippen LogP contribution in [0.1, 0.15) is 59.3 Å². The van der Waals surface area contributed by atoms with E-state index in [1.54, 1.807) is 0 Å². The maximum Gasteiger partial charge on any atom is 0.155 e. The van der Waals surface area contributed by atoms with Crippen molar-refractivity contribution in [3.8, 4) is 0 Å². The molecule has 7 atom stereocenters. The van der Waals surface area contributed by atoms with Crippen LogP contribution in [0.4, 0.5) is 0 Å². The third-order valence-corrected chi connectivity index (χ3v) is 8.56. The van der Waals surface area contributed by atoms with Crippen molar-refractivity contribution >= 4 is 17.4 Å². The summed E-state index contributed by atoms with van der Waals surface area (Å²) in [6, 6.07) is 0. The zero-order chi connectivity index (χ0) is 17.3. The van der Waals surface area contributed by atoms with Crippen LogP contribution < -0.4 is 0 Å². The van der Waals surface area contributed by atoms with Gasteiger partial charge in [-0.2, -0.15) is 0 Å². The van der Waals surface area contributed by atoms with Crippen molar-refractivity contribution in [3.63, 3.8) is 0 Å². The molecule has 0 amide bonds. The smallest absolute Gasteiger partial charge is 0.155 e. The Bertz CT molecular complexity index is 636. The molecule has 0 aromatic carbocycles. The fourth-order valence-electron chi connectivity index (χ4n) is 6.71. The Balaban J connectivity index is 1.75. The van der Waals surface area contributed by atoms with Gasteiger partial charge in [0.15, 0.2) is 5.78 Å². The van der Waals surface area contributed by atoms with Crippen molar-refractivity contribution in [3.05, 3.63) is 22.8 Å². The first-order valence-electron chi connectivity index (χ1n) is 9.55. The number of aliphatic hydroxyl groups excluding tert-OH is 1. The third kappa shape index (κ3) is 2.15. The monoisotopic (exact) mass is 348 g/mol. The largest absolute Gasteiger partial charge is 0.387 e. The summed E-state index contributed by atoms with van der Waals surface area (Å²) >= 11 is 6.31. The molecule has 0 heterocycles. The lowest BCUT2D eigenvalue weighted by Crippen LogP contribution is -2.57. The first kappa shape index (κ1) is 16.8. The summed E-state index contributed by atoms with van der Waals surface area (Å²) in [5.74, 6) is 2.64. The number of allylic oxidation sites excluding steroid dienone is 3. The zero-order valence-electron chi connectivity index (χ0n) is 15.0. The van der Waals surface area contributed by atoms with Gasteiger partial charge in [-0.05, 0) is 67.3 Å². The maximum absolute atomic E-state index is 12.0. The van der Waals surface area contributed by atoms with E-state index >= 15 is 0 Å². The van der Waals surface area contributed by atoms with Crippen molar-refractivity contribution < 1.29 is 9.90 Å². The number of halogens is 1. The molecule has 4 aliphatic carbocycles. The van der Waals surface area contributed by atoms with Crippen LogP contribution in [-0.2, 0) is 4.79 Å². The minimum Gasteiger partial charge on any atom is -0.387 e. The lowest BCUT2D eigenvalue weighted by Gasteiger charge is -2.62. The van der Waals surface area contributed by atoms with E-state index in [1.807, 2.05) is 6.08 Å². The predicted molar refractivity (Wildman–Crippen MR) is 96.6 cm³/mol. The molecule has 0 radical (unpaired) electrons. The van der Waals surface area contributed by atoms with Crippen LogP contribution in [-0.4, -0.2) is 17.0 Å². The highest BCUT2D eigenvalue weighted by Crippen LogP contribution is 2.65. The highest BCUT2D eigenvalue weighted by Gasteiger charge is 2.59. The Morgan fingerprint density at radius 3 is 2.75 bits per heavy atom. The summed E-state index contributed by atoms with van der Waals surface area (Å²) in [4.78, 5) is 12.0. The minimum absolute atomic E-state index is 0.0939. The van der Waals surface area contributed by atoms with Crippen LogP contribution in [0.5, 0.6) is 0 Å². The van der Waals surface area contributed by atoms with Crippen molar-refractivity contribution in [2.75, 3.05) is 0 Å². The number of hydrogen-bond acceptors (Lipinski definition) is 2. The highest BCUT2D eigenvalue weighted by molar-refractivity contribution is 6.30. The third-order valence-electron chi connectivity index (χ3n) is 8.20. The van der Waals surface area contributed by atoms with Gasteiger partial charge in [0.1, 0.15) is 0 Å². The second kappa shape index (κ2) is 5.45. The van der Waals surface area contributed by atoms with E-state index < -0.39 is 6.10 Å². The Morgan fingerprint density at radius 1 is 1.25 bits per heavy atom. The van der Waals surface area contributed by atoms with Crippen LogP contribution in [0.2, 0.25) is 0 Å². The number of fused-ring (bicyclic) bond motifs is 5. The molecular formula is C21H29ClO2. The van der Waals surface area contributed by atoms with Gasteiger partial charge in [-0.15, -0.1) is 0 Å². The van der Waals surface area contributed by atoms with Gasteiger partial charge in [0.25, 0.3) is 0 Å². The van der Waals surface area contributed by atoms with E-state index in [2.05, 4.69) is 26.8 Å². The molecule has 0 bridgehead atoms. The lowest BCUT2D eigenvalue weighted by atomic mass is 9.43. The van der Waals surface area contributed by atoms with Crippen LogP contribution >= 0.6 is 11.6 Å². The number of hydrogen-bond donors (Lipinski definition) is 1. The van der Waals surface area contributed by atoms with Gasteiger partial charge in [0, 0.05) is 16.9 Å². The molecule has 0 aromatic rings. The van der Waals surface area contributed by atoms with Crippen molar-refractivity contribution in [2.24, 2.45) is 34.5 Å². The van der Waals surface area contributed by atoms with Crippen LogP contribution in [0.15, 0.2) is 22.8 Å². The molecule has 24 heavy (non-hydrogen) atoms. The first-order chi connectivity index (χ1) is 11.3. The Morgan fingerprint density at radius 2 is 2.00 bits per heavy atom. The molecule has 4 rings (SSSR count). The average Bonchev–Trinajstić information content (AvgIpc) is 2.53. The summed E-state index contributed by atoms with van der Waals surface area (Å²) in [5, 5.41) is 11.4. The van der Waals surface area contributed by atoms with Crippen molar-refractivity contribution in [1.82, 2.24) is 0 Å². The molecule has 132 valence electrons. The molecule has 1 unspecified atom stereocenters. The molecule has 0 aromatic heterocycles. The normalized spacial score (nSPS) is 51.0. The first-order valence-corrected chi connectivity index (χ1v) is 9.92. The fourth-order valence-corrected chi connectivity index (χ4v) is 7.04. The fraction of sp³-hybridized carbons (Fsp3) is 0.762. The van der Waals surface area contributed by atoms with Crippen molar-refractivity contribution in [1.29, 1.82) is 0 Å². The number of rotatable bonds is 0. The predicted octanol–water partition coefficient (Wildman–Crippen LogP) is 4.86. The summed E-state index contributed by atoms with van der Waals surface area (Å²) in [6.45, 7) is 7.01. The zero-order valence-corrected chi connectivity index (χ0v) is 15.8. The molecular weight excluding hydrogens is 320 g/mol. The van der Waals surface area contributed by atoms with E-state index in [1.165, 1.54) is 5.57 Å². The molecule has 0 saturated heterocycles. The molecule has 1 N–H and O–H groups in total. The van der Waals surface area contributed by atoms with Crippen LogP contribution in [0.25, 0.3) is 0 Å². The van der Waals surface area contributed by atoms with Gasteiger partial charge in [-0.25, -0.2) is 0 Å². The molecule has 2 nitrogen and oxygen atoms in total. The van der Waals surface area contributed by atoms with Crippen molar-refractivity contribution in [2.45, 2.75) is 65.4 Å². The van der Waals surface area contributed by atoms with E-state index in [4.69, 9.17) is 11.6 Å². The summed E-state index contributed by atoms with van der Waals surface area (Å²) in [5.41, 5.74) is 1.49. The summed E-state index contributed by atoms with van der Waals surface area (Å²) < 4.78 is 0. The molecule has 3 heteroatoms. The van der Waals surface area contributed by atoms with Crippen LogP contribution in [0, 0.1) is 34.5 Å². The molecule has 0 spiro atoms. The molecule has 2 fully saturated rings. The Hall–Kier alpha value is -0.600. The Kier molecular flexibility index (Phi) is 3.82. The standard InChI is InChI=1S/C21H29ClO2/c1-12-10-13-11-14(23)6-8-20(13,2)16-7-9-21(3)15(18(12)16)4-5-17(22)19(21)24/h5,11-12,15-16,18-19,24H,4,6-10H2,1-3H3/t12-,15+,16+,18+,19?,20+,21+/m1/s1. The number of carbonyl (C=O) groups is 1. The maximum atomic E-state index is 12.0. The molecule has 0 aliphatic heterocycles. The highest BCUT2D eigenvalue weighted by atomic mass is 35.5. The lowest BCUT2D eigenvalue weighted by molar-refractivity contribution is -0.125. The average molecular weight is 349 g/mol. The van der Waals surface area contributed by atoms with E-state index in [-0.39, 0.29) is 10.8 Å². The second-order valence-electron chi connectivity index (χ2n) is 9.30. The van der Waals surface area contributed by atoms with Gasteiger partial charge in [0.2, 0.25) is 0 Å². The van der Waals surface area contributed by atoms with E-state index in [0.29, 0.717) is 40.9 Å². The van der Waals surface area contributed by atoms with Gasteiger partial charge < -0.3 is 5.11 Å². The number of aliphatic hydroxyl groups is 1. The van der Waals surface area contributed by atoms with Gasteiger partial charge in [0.05, 0.1) is 6.10 Å². The second-order valence-corrected chi connectivity index (χ2v) is 9.73. The van der Waals surface area contributed by atoms with Gasteiger partial charge >= 0.3 is 0 Å². The SMILES string of the molecule is C[C@@H]1CC2=CC(=O)CC[C@]2(C)[C@H]2CC[C@]3(C)C(O)C(Cl)=CC[C@H]3[C@H]12. The summed E-state index contributed by atoms with van der Waals surface area (Å²) in [6.07, 6.45) is 9.45. The molecule has 2 saturated carbocycles.